The van der Waals surface area contributed by atoms with E-state index in [1.54, 1.807) is 17.5 Å². The summed E-state index contributed by atoms with van der Waals surface area (Å²) in [7, 11) is 0. The molecule has 28 heavy (non-hydrogen) atoms. The number of nitro benzene ring substituents is 1. The number of nitrogens with zero attached hydrogens (tertiary/aromatic N) is 2. The van der Waals surface area contributed by atoms with Gasteiger partial charge in [-0.15, -0.1) is 11.3 Å². The molecule has 0 spiro atoms. The maximum absolute atomic E-state index is 12.1. The Bertz CT molecular complexity index is 970. The number of benzene rings is 2. The number of amides is 1. The van der Waals surface area contributed by atoms with Crippen LogP contribution in [0, 0.1) is 17.0 Å². The summed E-state index contributed by atoms with van der Waals surface area (Å²) < 4.78 is 5.68. The van der Waals surface area contributed by atoms with Crippen LogP contribution in [0.2, 0.25) is 0 Å². The number of thiazole rings is 1. The number of nitrogens with one attached hydrogen (secondary N) is 1. The quantitative estimate of drug-likeness (QED) is 0.334. The summed E-state index contributed by atoms with van der Waals surface area (Å²) in [5.74, 6) is 0.702. The van der Waals surface area contributed by atoms with Crippen LogP contribution < -0.4 is 10.1 Å². The highest BCUT2D eigenvalue weighted by Crippen LogP contribution is 2.26. The molecule has 1 heterocycles. The van der Waals surface area contributed by atoms with Crippen molar-refractivity contribution in [3.63, 3.8) is 0 Å². The zero-order valence-corrected chi connectivity index (χ0v) is 16.1. The van der Waals surface area contributed by atoms with Crippen molar-refractivity contribution in [1.29, 1.82) is 0 Å². The van der Waals surface area contributed by atoms with Gasteiger partial charge >= 0.3 is 0 Å². The van der Waals surface area contributed by atoms with E-state index in [0.717, 1.165) is 16.9 Å². The molecule has 0 unspecified atom stereocenters. The Hall–Kier alpha value is -3.26. The van der Waals surface area contributed by atoms with E-state index in [1.807, 2.05) is 31.2 Å². The molecular formula is C20H19N3O4S. The second-order valence-corrected chi connectivity index (χ2v) is 6.97. The van der Waals surface area contributed by atoms with Gasteiger partial charge in [-0.2, -0.15) is 0 Å². The molecule has 0 bridgehead atoms. The molecule has 0 fully saturated rings. The van der Waals surface area contributed by atoms with Crippen molar-refractivity contribution < 1.29 is 14.5 Å². The predicted octanol–water partition coefficient (Wildman–Crippen LogP) is 4.82. The van der Waals surface area contributed by atoms with Gasteiger partial charge in [0.15, 0.2) is 5.13 Å². The minimum Gasteiger partial charge on any atom is -0.493 e. The van der Waals surface area contributed by atoms with Gasteiger partial charge < -0.3 is 10.1 Å². The van der Waals surface area contributed by atoms with Gasteiger partial charge in [0.1, 0.15) is 5.75 Å². The molecule has 0 atom stereocenters. The van der Waals surface area contributed by atoms with Crippen LogP contribution in [0.15, 0.2) is 53.9 Å². The van der Waals surface area contributed by atoms with Crippen LogP contribution in [0.4, 0.5) is 10.8 Å². The number of hydrogen-bond donors (Lipinski definition) is 1. The summed E-state index contributed by atoms with van der Waals surface area (Å²) in [4.78, 5) is 26.7. The van der Waals surface area contributed by atoms with Gasteiger partial charge in [-0.05, 0) is 37.1 Å². The van der Waals surface area contributed by atoms with Gasteiger partial charge in [0, 0.05) is 29.5 Å². The molecule has 0 radical (unpaired) electrons. The van der Waals surface area contributed by atoms with Crippen molar-refractivity contribution in [3.8, 4) is 17.0 Å². The first-order valence-electron chi connectivity index (χ1n) is 8.71. The summed E-state index contributed by atoms with van der Waals surface area (Å²) in [5.41, 5.74) is 2.51. The van der Waals surface area contributed by atoms with Crippen molar-refractivity contribution in [1.82, 2.24) is 4.98 Å². The minimum absolute atomic E-state index is 0.0282. The normalized spacial score (nSPS) is 10.5. The first-order chi connectivity index (χ1) is 13.5. The first kappa shape index (κ1) is 19.5. The second-order valence-electron chi connectivity index (χ2n) is 6.11. The number of non-ortho nitro benzene ring substituents is 1. The van der Waals surface area contributed by atoms with Crippen molar-refractivity contribution in [2.75, 3.05) is 11.9 Å². The van der Waals surface area contributed by atoms with Crippen molar-refractivity contribution in [2.24, 2.45) is 0 Å². The third-order valence-electron chi connectivity index (χ3n) is 4.02. The number of rotatable bonds is 8. The topological polar surface area (TPSA) is 94.4 Å². The lowest BCUT2D eigenvalue weighted by Crippen LogP contribution is -2.12. The molecule has 0 saturated carbocycles. The summed E-state index contributed by atoms with van der Waals surface area (Å²) in [6.07, 6.45) is 0.930. The second kappa shape index (κ2) is 9.09. The molecule has 2 aromatic carbocycles. The van der Waals surface area contributed by atoms with E-state index in [2.05, 4.69) is 10.3 Å². The molecule has 3 rings (SSSR count). The Labute approximate surface area is 166 Å². The van der Waals surface area contributed by atoms with E-state index < -0.39 is 4.92 Å². The van der Waals surface area contributed by atoms with Crippen LogP contribution in [0.25, 0.3) is 11.3 Å². The van der Waals surface area contributed by atoms with Gasteiger partial charge in [-0.3, -0.25) is 14.9 Å². The Morgan fingerprint density at radius 1 is 1.21 bits per heavy atom. The van der Waals surface area contributed by atoms with Crippen LogP contribution in [0.1, 0.15) is 18.4 Å². The Kier molecular flexibility index (Phi) is 6.33. The van der Waals surface area contributed by atoms with E-state index in [9.17, 15) is 14.9 Å². The SMILES string of the molecule is Cc1ccccc1OCCCC(=O)Nc1nc(-c2ccc([N+](=O)[O-])cc2)cs1. The number of aryl methyl sites for hydroxylation is 1. The van der Waals surface area contributed by atoms with E-state index in [4.69, 9.17) is 4.74 Å². The average molecular weight is 397 g/mol. The van der Waals surface area contributed by atoms with Crippen molar-refractivity contribution in [2.45, 2.75) is 19.8 Å². The van der Waals surface area contributed by atoms with E-state index in [0.29, 0.717) is 30.3 Å². The summed E-state index contributed by atoms with van der Waals surface area (Å²) in [6.45, 7) is 2.44. The minimum atomic E-state index is -0.445. The molecule has 3 aromatic rings. The van der Waals surface area contributed by atoms with Gasteiger partial charge in [0.25, 0.3) is 5.69 Å². The number of para-hydroxylation sites is 1. The van der Waals surface area contributed by atoms with Crippen LogP contribution >= 0.6 is 11.3 Å². The average Bonchev–Trinajstić information content (AvgIpc) is 3.15. The number of carbonyl (C=O) groups is 1. The lowest BCUT2D eigenvalue weighted by Gasteiger charge is -2.08. The van der Waals surface area contributed by atoms with E-state index in [-0.39, 0.29) is 11.6 Å². The largest absolute Gasteiger partial charge is 0.493 e. The van der Waals surface area contributed by atoms with Gasteiger partial charge in [-0.25, -0.2) is 4.98 Å². The molecule has 7 nitrogen and oxygen atoms in total. The van der Waals surface area contributed by atoms with Crippen LogP contribution in [-0.4, -0.2) is 22.4 Å². The lowest BCUT2D eigenvalue weighted by atomic mass is 10.1. The van der Waals surface area contributed by atoms with Gasteiger partial charge in [0.2, 0.25) is 5.91 Å². The summed E-state index contributed by atoms with van der Waals surface area (Å²) >= 11 is 1.31. The van der Waals surface area contributed by atoms with Crippen LogP contribution in [0.3, 0.4) is 0 Å². The van der Waals surface area contributed by atoms with Crippen LogP contribution in [0.5, 0.6) is 5.75 Å². The predicted molar refractivity (Wildman–Crippen MR) is 109 cm³/mol. The van der Waals surface area contributed by atoms with Crippen molar-refractivity contribution in [3.05, 3.63) is 69.6 Å². The molecule has 0 aliphatic heterocycles. The van der Waals surface area contributed by atoms with E-state index >= 15 is 0 Å². The van der Waals surface area contributed by atoms with Gasteiger partial charge in [-0.1, -0.05) is 18.2 Å². The fourth-order valence-corrected chi connectivity index (χ4v) is 3.27. The zero-order chi connectivity index (χ0) is 19.9. The Morgan fingerprint density at radius 2 is 1.96 bits per heavy atom. The summed E-state index contributed by atoms with van der Waals surface area (Å²) in [5, 5.41) is 15.8. The number of aromatic nitrogens is 1. The number of anilines is 1. The summed E-state index contributed by atoms with van der Waals surface area (Å²) in [6, 6.07) is 13.9. The third-order valence-corrected chi connectivity index (χ3v) is 4.78. The lowest BCUT2D eigenvalue weighted by molar-refractivity contribution is -0.384. The molecule has 0 aliphatic rings. The Balaban J connectivity index is 1.47. The molecular weight excluding hydrogens is 378 g/mol. The van der Waals surface area contributed by atoms with Crippen molar-refractivity contribution >= 4 is 28.1 Å². The molecule has 0 saturated heterocycles. The maximum atomic E-state index is 12.1. The molecule has 0 aliphatic carbocycles. The maximum Gasteiger partial charge on any atom is 0.269 e. The molecule has 1 amide bonds. The first-order valence-corrected chi connectivity index (χ1v) is 9.59. The number of hydrogen-bond acceptors (Lipinski definition) is 6. The smallest absolute Gasteiger partial charge is 0.269 e. The molecule has 8 heteroatoms. The monoisotopic (exact) mass is 397 g/mol. The number of carbonyl (C=O) groups excluding carboxylic acids is 1. The highest BCUT2D eigenvalue weighted by Gasteiger charge is 2.10. The zero-order valence-electron chi connectivity index (χ0n) is 15.3. The van der Waals surface area contributed by atoms with Gasteiger partial charge in [0.05, 0.1) is 17.2 Å². The fourth-order valence-electron chi connectivity index (χ4n) is 2.53. The fraction of sp³-hybridized carbons (Fsp3) is 0.200. The molecule has 144 valence electrons. The molecule has 1 N–H and O–H groups in total. The highest BCUT2D eigenvalue weighted by molar-refractivity contribution is 7.14. The molecule has 1 aromatic heterocycles. The van der Waals surface area contributed by atoms with E-state index in [1.165, 1.54) is 23.5 Å². The third kappa shape index (κ3) is 5.14. The standard InChI is InChI=1S/C20H19N3O4S/c1-14-5-2-3-6-18(14)27-12-4-7-19(24)22-20-21-17(13-28-20)15-8-10-16(11-9-15)23(25)26/h2-3,5-6,8-11,13H,4,7,12H2,1H3,(H,21,22,24). The van der Waals surface area contributed by atoms with Crippen LogP contribution in [-0.2, 0) is 4.79 Å². The number of nitro groups is 1. The number of ether oxygens (including phenoxy) is 1. The Morgan fingerprint density at radius 3 is 2.68 bits per heavy atom. The highest BCUT2D eigenvalue weighted by atomic mass is 32.1.